The van der Waals surface area contributed by atoms with E-state index < -0.39 is 0 Å². The molecule has 0 saturated heterocycles. The third-order valence-corrected chi connectivity index (χ3v) is 3.14. The molecule has 0 aliphatic heterocycles. The zero-order valence-corrected chi connectivity index (χ0v) is 11.9. The van der Waals surface area contributed by atoms with Crippen LogP contribution in [0.4, 0.5) is 0 Å². The summed E-state index contributed by atoms with van der Waals surface area (Å²) in [6, 6.07) is 0. The van der Waals surface area contributed by atoms with Crippen LogP contribution in [-0.4, -0.2) is 45.9 Å². The maximum absolute atomic E-state index is 11.7. The molecule has 0 aromatic carbocycles. The highest BCUT2D eigenvalue weighted by Crippen LogP contribution is 2.14. The predicted octanol–water partition coefficient (Wildman–Crippen LogP) is 0.919. The summed E-state index contributed by atoms with van der Waals surface area (Å²) >= 11 is 0. The second kappa shape index (κ2) is 11.4. The average molecular weight is 260 g/mol. The van der Waals surface area contributed by atoms with E-state index in [-0.39, 0.29) is 12.0 Å². The maximum atomic E-state index is 11.7. The SMILES string of the molecule is CCC(CCN)CCC(=O)NCC(COC)OC. The van der Waals surface area contributed by atoms with Gasteiger partial charge in [-0.25, -0.2) is 0 Å². The van der Waals surface area contributed by atoms with Crippen LogP contribution in [0.3, 0.4) is 0 Å². The van der Waals surface area contributed by atoms with E-state index in [1.54, 1.807) is 14.2 Å². The minimum atomic E-state index is -0.0787. The lowest BCUT2D eigenvalue weighted by atomic mass is 9.96. The molecule has 5 heteroatoms. The summed E-state index contributed by atoms with van der Waals surface area (Å²) < 4.78 is 10.2. The molecule has 0 saturated carbocycles. The summed E-state index contributed by atoms with van der Waals surface area (Å²) in [6.07, 6.45) is 3.46. The van der Waals surface area contributed by atoms with Crippen molar-refractivity contribution in [3.05, 3.63) is 0 Å². The topological polar surface area (TPSA) is 73.6 Å². The number of nitrogens with two attached hydrogens (primary N) is 1. The molecule has 1 amide bonds. The van der Waals surface area contributed by atoms with E-state index in [0.29, 0.717) is 32.0 Å². The van der Waals surface area contributed by atoms with Gasteiger partial charge < -0.3 is 20.5 Å². The van der Waals surface area contributed by atoms with E-state index in [9.17, 15) is 4.79 Å². The van der Waals surface area contributed by atoms with E-state index in [4.69, 9.17) is 15.2 Å². The van der Waals surface area contributed by atoms with Crippen LogP contribution in [0.25, 0.3) is 0 Å². The molecule has 0 heterocycles. The van der Waals surface area contributed by atoms with Gasteiger partial charge in [0, 0.05) is 27.2 Å². The normalized spacial score (nSPS) is 14.2. The quantitative estimate of drug-likeness (QED) is 0.579. The van der Waals surface area contributed by atoms with Gasteiger partial charge in [-0.1, -0.05) is 13.3 Å². The molecule has 2 unspecified atom stereocenters. The largest absolute Gasteiger partial charge is 0.382 e. The van der Waals surface area contributed by atoms with Gasteiger partial charge in [0.2, 0.25) is 5.91 Å². The van der Waals surface area contributed by atoms with Crippen LogP contribution in [0.15, 0.2) is 0 Å². The van der Waals surface area contributed by atoms with E-state index in [1.807, 2.05) is 0 Å². The van der Waals surface area contributed by atoms with Gasteiger partial charge in [0.15, 0.2) is 0 Å². The molecule has 0 fully saturated rings. The fourth-order valence-corrected chi connectivity index (χ4v) is 1.84. The fraction of sp³-hybridized carbons (Fsp3) is 0.923. The Morgan fingerprint density at radius 2 is 2.06 bits per heavy atom. The maximum Gasteiger partial charge on any atom is 0.220 e. The number of nitrogens with one attached hydrogen (secondary N) is 1. The summed E-state index contributed by atoms with van der Waals surface area (Å²) in [7, 11) is 3.23. The minimum Gasteiger partial charge on any atom is -0.382 e. The number of hydrogen-bond donors (Lipinski definition) is 2. The Morgan fingerprint density at radius 1 is 1.33 bits per heavy atom. The van der Waals surface area contributed by atoms with Crippen molar-refractivity contribution in [1.29, 1.82) is 0 Å². The van der Waals surface area contributed by atoms with Gasteiger partial charge in [-0.3, -0.25) is 4.79 Å². The molecule has 0 aromatic rings. The summed E-state index contributed by atoms with van der Waals surface area (Å²) in [5.74, 6) is 0.626. The molecule has 0 rings (SSSR count). The molecule has 0 aliphatic carbocycles. The first-order chi connectivity index (χ1) is 8.67. The van der Waals surface area contributed by atoms with E-state index >= 15 is 0 Å². The number of methoxy groups -OCH3 is 2. The Balaban J connectivity index is 3.75. The summed E-state index contributed by atoms with van der Waals surface area (Å²) in [5.41, 5.74) is 5.53. The number of carbonyl (C=O) groups is 1. The van der Waals surface area contributed by atoms with E-state index in [0.717, 1.165) is 19.3 Å². The van der Waals surface area contributed by atoms with E-state index in [2.05, 4.69) is 12.2 Å². The van der Waals surface area contributed by atoms with Gasteiger partial charge in [-0.15, -0.1) is 0 Å². The van der Waals surface area contributed by atoms with Crippen LogP contribution >= 0.6 is 0 Å². The molecule has 5 nitrogen and oxygen atoms in total. The molecule has 3 N–H and O–H groups in total. The second-order valence-electron chi connectivity index (χ2n) is 4.51. The molecule has 0 radical (unpaired) electrons. The van der Waals surface area contributed by atoms with Gasteiger partial charge in [-0.05, 0) is 25.3 Å². The van der Waals surface area contributed by atoms with Crippen LogP contribution in [0.2, 0.25) is 0 Å². The van der Waals surface area contributed by atoms with Crippen molar-refractivity contribution >= 4 is 5.91 Å². The average Bonchev–Trinajstić information content (AvgIpc) is 2.39. The molecule has 0 bridgehead atoms. The Bertz CT molecular complexity index is 192. The van der Waals surface area contributed by atoms with Crippen LogP contribution < -0.4 is 11.1 Å². The van der Waals surface area contributed by atoms with Crippen LogP contribution in [0, 0.1) is 5.92 Å². The first-order valence-corrected chi connectivity index (χ1v) is 6.66. The lowest BCUT2D eigenvalue weighted by Gasteiger charge is -2.16. The van der Waals surface area contributed by atoms with Crippen LogP contribution in [-0.2, 0) is 14.3 Å². The number of ether oxygens (including phenoxy) is 2. The lowest BCUT2D eigenvalue weighted by molar-refractivity contribution is -0.122. The van der Waals surface area contributed by atoms with Crippen molar-refractivity contribution in [2.24, 2.45) is 11.7 Å². The first kappa shape index (κ1) is 17.4. The predicted molar refractivity (Wildman–Crippen MR) is 72.4 cm³/mol. The highest BCUT2D eigenvalue weighted by Gasteiger charge is 2.11. The van der Waals surface area contributed by atoms with Gasteiger partial charge in [0.05, 0.1) is 12.7 Å². The molecule has 0 aliphatic rings. The molecule has 108 valence electrons. The molecule has 0 spiro atoms. The number of hydrogen-bond acceptors (Lipinski definition) is 4. The third kappa shape index (κ3) is 8.44. The standard InChI is InChI=1S/C13H28N2O3/c1-4-11(7-8-14)5-6-13(16)15-9-12(18-3)10-17-2/h11-12H,4-10,14H2,1-3H3,(H,15,16). The number of amides is 1. The Hall–Kier alpha value is -0.650. The Morgan fingerprint density at radius 3 is 2.56 bits per heavy atom. The monoisotopic (exact) mass is 260 g/mol. The smallest absolute Gasteiger partial charge is 0.220 e. The molecule has 0 aromatic heterocycles. The highest BCUT2D eigenvalue weighted by molar-refractivity contribution is 5.75. The zero-order valence-electron chi connectivity index (χ0n) is 11.9. The Kier molecular flexibility index (Phi) is 11.0. The Labute approximate surface area is 110 Å². The van der Waals surface area contributed by atoms with Crippen molar-refractivity contribution in [3.63, 3.8) is 0 Å². The highest BCUT2D eigenvalue weighted by atomic mass is 16.5. The number of carbonyl (C=O) groups excluding carboxylic acids is 1. The molecular formula is C13H28N2O3. The fourth-order valence-electron chi connectivity index (χ4n) is 1.84. The summed E-state index contributed by atoms with van der Waals surface area (Å²) in [6.45, 7) is 3.82. The van der Waals surface area contributed by atoms with Gasteiger partial charge >= 0.3 is 0 Å². The second-order valence-corrected chi connectivity index (χ2v) is 4.51. The minimum absolute atomic E-state index is 0.0728. The van der Waals surface area contributed by atoms with Crippen molar-refractivity contribution in [3.8, 4) is 0 Å². The van der Waals surface area contributed by atoms with Crippen molar-refractivity contribution in [2.75, 3.05) is 33.9 Å². The van der Waals surface area contributed by atoms with Crippen LogP contribution in [0.1, 0.15) is 32.6 Å². The molecular weight excluding hydrogens is 232 g/mol. The van der Waals surface area contributed by atoms with E-state index in [1.165, 1.54) is 0 Å². The molecule has 18 heavy (non-hydrogen) atoms. The van der Waals surface area contributed by atoms with Crippen molar-refractivity contribution in [2.45, 2.75) is 38.7 Å². The van der Waals surface area contributed by atoms with Crippen LogP contribution in [0.5, 0.6) is 0 Å². The van der Waals surface area contributed by atoms with Gasteiger partial charge in [0.25, 0.3) is 0 Å². The number of rotatable bonds is 11. The third-order valence-electron chi connectivity index (χ3n) is 3.14. The zero-order chi connectivity index (χ0) is 13.8. The summed E-state index contributed by atoms with van der Waals surface area (Å²) in [4.78, 5) is 11.7. The van der Waals surface area contributed by atoms with Crippen molar-refractivity contribution in [1.82, 2.24) is 5.32 Å². The summed E-state index contributed by atoms with van der Waals surface area (Å²) in [5, 5.41) is 2.86. The van der Waals surface area contributed by atoms with Crippen molar-refractivity contribution < 1.29 is 14.3 Å². The first-order valence-electron chi connectivity index (χ1n) is 6.66. The molecule has 2 atom stereocenters. The lowest BCUT2D eigenvalue weighted by Crippen LogP contribution is -2.35. The van der Waals surface area contributed by atoms with Gasteiger partial charge in [0.1, 0.15) is 0 Å². The van der Waals surface area contributed by atoms with Gasteiger partial charge in [-0.2, -0.15) is 0 Å².